The van der Waals surface area contributed by atoms with E-state index in [0.717, 1.165) is 23.1 Å². The molecule has 0 radical (unpaired) electrons. The van der Waals surface area contributed by atoms with Gasteiger partial charge in [0.05, 0.1) is 7.11 Å². The fourth-order valence-corrected chi connectivity index (χ4v) is 3.16. The van der Waals surface area contributed by atoms with Crippen molar-refractivity contribution in [1.29, 1.82) is 0 Å². The predicted molar refractivity (Wildman–Crippen MR) is 107 cm³/mol. The third-order valence-electron chi connectivity index (χ3n) is 4.89. The van der Waals surface area contributed by atoms with Gasteiger partial charge in [0.25, 0.3) is 5.91 Å². The number of fused-ring (bicyclic) bond motifs is 1. The second kappa shape index (κ2) is 8.27. The lowest BCUT2D eigenvalue weighted by Gasteiger charge is -2.24. The molecule has 0 spiro atoms. The molecular formula is C22H26N2O3. The van der Waals surface area contributed by atoms with Crippen LogP contribution in [0.1, 0.15) is 21.7 Å². The molecular weight excluding hydrogens is 340 g/mol. The normalized spacial score (nSPS) is 12.3. The zero-order valence-electron chi connectivity index (χ0n) is 16.3. The summed E-state index contributed by atoms with van der Waals surface area (Å²) < 4.78 is 11.1. The summed E-state index contributed by atoms with van der Waals surface area (Å²) >= 11 is 0. The molecule has 27 heavy (non-hydrogen) atoms. The van der Waals surface area contributed by atoms with Gasteiger partial charge in [0.2, 0.25) is 0 Å². The van der Waals surface area contributed by atoms with Gasteiger partial charge in [-0.3, -0.25) is 4.79 Å². The molecule has 0 aliphatic rings. The van der Waals surface area contributed by atoms with Crippen molar-refractivity contribution in [3.05, 3.63) is 65.4 Å². The molecule has 5 heteroatoms. The van der Waals surface area contributed by atoms with Gasteiger partial charge >= 0.3 is 0 Å². The maximum Gasteiger partial charge on any atom is 0.287 e. The Hall–Kier alpha value is -2.79. The van der Waals surface area contributed by atoms with Crippen LogP contribution in [0.2, 0.25) is 0 Å². The van der Waals surface area contributed by atoms with Crippen molar-refractivity contribution in [3.8, 4) is 5.75 Å². The Balaban J connectivity index is 1.72. The zero-order valence-corrected chi connectivity index (χ0v) is 16.3. The van der Waals surface area contributed by atoms with Crippen LogP contribution in [0.15, 0.2) is 52.9 Å². The van der Waals surface area contributed by atoms with E-state index >= 15 is 0 Å². The highest BCUT2D eigenvalue weighted by Gasteiger charge is 2.20. The molecule has 0 saturated carbocycles. The fraction of sp³-hybridized carbons (Fsp3) is 0.318. The number of ether oxygens (including phenoxy) is 1. The van der Waals surface area contributed by atoms with Crippen molar-refractivity contribution < 1.29 is 13.9 Å². The first kappa shape index (κ1) is 19.0. The van der Waals surface area contributed by atoms with Crippen LogP contribution in [0.3, 0.4) is 0 Å². The average Bonchev–Trinajstić information content (AvgIpc) is 3.01. The largest absolute Gasteiger partial charge is 0.497 e. The van der Waals surface area contributed by atoms with Crippen molar-refractivity contribution in [2.75, 3.05) is 27.7 Å². The zero-order chi connectivity index (χ0) is 19.4. The van der Waals surface area contributed by atoms with Crippen molar-refractivity contribution in [2.24, 2.45) is 0 Å². The quantitative estimate of drug-likeness (QED) is 0.693. The monoisotopic (exact) mass is 366 g/mol. The Kier molecular flexibility index (Phi) is 5.81. The number of nitrogens with zero attached hydrogens (tertiary/aromatic N) is 1. The number of aryl methyl sites for hydroxylation is 1. The van der Waals surface area contributed by atoms with Crippen LogP contribution in [0.4, 0.5) is 0 Å². The third-order valence-corrected chi connectivity index (χ3v) is 4.89. The Morgan fingerprint density at radius 2 is 1.93 bits per heavy atom. The first-order valence-electron chi connectivity index (χ1n) is 9.05. The van der Waals surface area contributed by atoms with E-state index in [-0.39, 0.29) is 11.9 Å². The van der Waals surface area contributed by atoms with Gasteiger partial charge in [0.15, 0.2) is 5.76 Å². The summed E-state index contributed by atoms with van der Waals surface area (Å²) in [5.74, 6) is 0.909. The van der Waals surface area contributed by atoms with E-state index < -0.39 is 0 Å². The van der Waals surface area contributed by atoms with E-state index in [2.05, 4.69) is 22.3 Å². The number of amides is 1. The molecule has 1 aromatic heterocycles. The third kappa shape index (κ3) is 4.31. The molecule has 0 aliphatic carbocycles. The van der Waals surface area contributed by atoms with Gasteiger partial charge < -0.3 is 19.4 Å². The molecule has 142 valence electrons. The minimum Gasteiger partial charge on any atom is -0.497 e. The van der Waals surface area contributed by atoms with Crippen molar-refractivity contribution in [2.45, 2.75) is 19.4 Å². The van der Waals surface area contributed by atoms with Crippen molar-refractivity contribution in [1.82, 2.24) is 10.2 Å². The van der Waals surface area contributed by atoms with Crippen molar-refractivity contribution >= 4 is 16.9 Å². The van der Waals surface area contributed by atoms with E-state index in [9.17, 15) is 4.79 Å². The van der Waals surface area contributed by atoms with Gasteiger partial charge in [-0.15, -0.1) is 0 Å². The highest BCUT2D eigenvalue weighted by molar-refractivity contribution is 5.99. The summed E-state index contributed by atoms with van der Waals surface area (Å²) in [4.78, 5) is 14.8. The number of furan rings is 1. The molecule has 0 bridgehead atoms. The Morgan fingerprint density at radius 3 is 2.59 bits per heavy atom. The number of carbonyl (C=O) groups is 1. The van der Waals surface area contributed by atoms with Gasteiger partial charge in [0, 0.05) is 23.5 Å². The molecule has 2 aromatic carbocycles. The molecule has 3 rings (SSSR count). The van der Waals surface area contributed by atoms with Crippen LogP contribution < -0.4 is 10.1 Å². The number of hydrogen-bond donors (Lipinski definition) is 1. The Labute approximate surface area is 159 Å². The van der Waals surface area contributed by atoms with Crippen LogP contribution in [0, 0.1) is 6.92 Å². The summed E-state index contributed by atoms with van der Waals surface area (Å²) in [6, 6.07) is 16.0. The number of likely N-dealkylation sites (N-methyl/N-ethyl adjacent to an activating group) is 1. The van der Waals surface area contributed by atoms with Gasteiger partial charge in [-0.1, -0.05) is 30.3 Å². The molecule has 0 saturated heterocycles. The standard InChI is InChI=1S/C22H26N2O3/c1-15-19-13-18(26-4)10-11-20(19)27-21(15)22(25)23-14-17(24(2)3)12-16-8-6-5-7-9-16/h5-11,13,17H,12,14H2,1-4H3,(H,23,25)/t17-/m1/s1. The van der Waals surface area contributed by atoms with Crippen molar-refractivity contribution in [3.63, 3.8) is 0 Å². The molecule has 1 atom stereocenters. The lowest BCUT2D eigenvalue weighted by Crippen LogP contribution is -2.41. The summed E-state index contributed by atoms with van der Waals surface area (Å²) in [6.07, 6.45) is 0.866. The maximum absolute atomic E-state index is 12.7. The Morgan fingerprint density at radius 1 is 1.19 bits per heavy atom. The molecule has 1 N–H and O–H groups in total. The number of rotatable bonds is 7. The topological polar surface area (TPSA) is 54.7 Å². The molecule has 0 fully saturated rings. The molecule has 3 aromatic rings. The van der Waals surface area contributed by atoms with E-state index in [1.54, 1.807) is 7.11 Å². The fourth-order valence-electron chi connectivity index (χ4n) is 3.16. The molecule has 0 unspecified atom stereocenters. The molecule has 5 nitrogen and oxygen atoms in total. The number of hydrogen-bond acceptors (Lipinski definition) is 4. The van der Waals surface area contributed by atoms with E-state index in [0.29, 0.717) is 17.9 Å². The minimum absolute atomic E-state index is 0.192. The molecule has 1 heterocycles. The minimum atomic E-state index is -0.192. The molecule has 0 aliphatic heterocycles. The highest BCUT2D eigenvalue weighted by atomic mass is 16.5. The van der Waals surface area contributed by atoms with Crippen LogP contribution >= 0.6 is 0 Å². The summed E-state index contributed by atoms with van der Waals surface area (Å²) in [5.41, 5.74) is 2.76. The summed E-state index contributed by atoms with van der Waals surface area (Å²) in [7, 11) is 5.68. The first-order valence-corrected chi connectivity index (χ1v) is 9.05. The lowest BCUT2D eigenvalue weighted by molar-refractivity contribution is 0.0915. The number of carbonyl (C=O) groups excluding carboxylic acids is 1. The number of nitrogens with one attached hydrogen (secondary N) is 1. The van der Waals surface area contributed by atoms with E-state index in [1.165, 1.54) is 5.56 Å². The van der Waals surface area contributed by atoms with Crippen LogP contribution in [-0.2, 0) is 6.42 Å². The van der Waals surface area contributed by atoms with Gasteiger partial charge in [-0.25, -0.2) is 0 Å². The van der Waals surface area contributed by atoms with E-state index in [1.807, 2.05) is 57.4 Å². The van der Waals surface area contributed by atoms with Crippen LogP contribution in [0.5, 0.6) is 5.75 Å². The first-order chi connectivity index (χ1) is 13.0. The second-order valence-electron chi connectivity index (χ2n) is 6.94. The predicted octanol–water partition coefficient (Wildman–Crippen LogP) is 3.65. The van der Waals surface area contributed by atoms with Gasteiger partial charge in [0.1, 0.15) is 11.3 Å². The number of methoxy groups -OCH3 is 1. The summed E-state index contributed by atoms with van der Waals surface area (Å²) in [6.45, 7) is 2.44. The Bertz CT molecular complexity index is 916. The van der Waals surface area contributed by atoms with E-state index in [4.69, 9.17) is 9.15 Å². The van der Waals surface area contributed by atoms with Gasteiger partial charge in [-0.05, 0) is 51.2 Å². The lowest BCUT2D eigenvalue weighted by atomic mass is 10.1. The van der Waals surface area contributed by atoms with Gasteiger partial charge in [-0.2, -0.15) is 0 Å². The maximum atomic E-state index is 12.7. The number of benzene rings is 2. The average molecular weight is 366 g/mol. The van der Waals surface area contributed by atoms with Crippen LogP contribution in [-0.4, -0.2) is 44.6 Å². The summed E-state index contributed by atoms with van der Waals surface area (Å²) in [5, 5.41) is 3.92. The highest BCUT2D eigenvalue weighted by Crippen LogP contribution is 2.28. The molecule has 1 amide bonds. The second-order valence-corrected chi connectivity index (χ2v) is 6.94. The SMILES string of the molecule is COc1ccc2oc(C(=O)NC[C@@H](Cc3ccccc3)N(C)C)c(C)c2c1. The van der Waals surface area contributed by atoms with Crippen LogP contribution in [0.25, 0.3) is 11.0 Å². The smallest absolute Gasteiger partial charge is 0.287 e.